The summed E-state index contributed by atoms with van der Waals surface area (Å²) < 4.78 is 0. The molecule has 2 unspecified atom stereocenters. The van der Waals surface area contributed by atoms with Crippen molar-refractivity contribution < 1.29 is 9.90 Å². The first kappa shape index (κ1) is 14.6. The topological polar surface area (TPSA) is 49.3 Å². The Morgan fingerprint density at radius 3 is 2.35 bits per heavy atom. The Bertz CT molecular complexity index is 437. The number of rotatable bonds is 4. The Morgan fingerprint density at radius 1 is 1.24 bits per heavy atom. The summed E-state index contributed by atoms with van der Waals surface area (Å²) in [6, 6.07) is 2.45. The van der Waals surface area contributed by atoms with Gasteiger partial charge in [-0.05, 0) is 25.5 Å². The van der Waals surface area contributed by atoms with Crippen molar-refractivity contribution in [3.63, 3.8) is 0 Å². The van der Waals surface area contributed by atoms with Crippen molar-refractivity contribution in [3.8, 4) is 0 Å². The lowest BCUT2D eigenvalue weighted by Gasteiger charge is -2.19. The lowest BCUT2D eigenvalue weighted by molar-refractivity contribution is -0.139. The van der Waals surface area contributed by atoms with Crippen molar-refractivity contribution in [3.05, 3.63) is 32.8 Å². The molecule has 2 atom stereocenters. The first-order valence-electron chi connectivity index (χ1n) is 4.96. The number of nitrogens with one attached hydrogen (secondary N) is 1. The summed E-state index contributed by atoms with van der Waals surface area (Å²) in [4.78, 5) is 10.7. The van der Waals surface area contributed by atoms with Gasteiger partial charge in [0.15, 0.2) is 0 Å². The number of carboxylic acids is 1. The van der Waals surface area contributed by atoms with Gasteiger partial charge in [0.25, 0.3) is 0 Å². The van der Waals surface area contributed by atoms with Crippen LogP contribution in [0.2, 0.25) is 15.1 Å². The molecule has 1 aromatic carbocycles. The van der Waals surface area contributed by atoms with Gasteiger partial charge < -0.3 is 5.11 Å². The molecule has 0 heterocycles. The molecule has 0 aliphatic carbocycles. The molecule has 3 nitrogen and oxygen atoms in total. The van der Waals surface area contributed by atoms with E-state index in [0.29, 0.717) is 15.6 Å². The zero-order valence-corrected chi connectivity index (χ0v) is 11.6. The van der Waals surface area contributed by atoms with E-state index in [4.69, 9.17) is 39.9 Å². The molecule has 1 rings (SSSR count). The van der Waals surface area contributed by atoms with Gasteiger partial charge in [-0.15, -0.1) is 0 Å². The van der Waals surface area contributed by atoms with Crippen molar-refractivity contribution in [1.82, 2.24) is 5.32 Å². The highest BCUT2D eigenvalue weighted by Gasteiger charge is 2.18. The number of aliphatic carboxylic acids is 1. The fourth-order valence-corrected chi connectivity index (χ4v) is 2.12. The summed E-state index contributed by atoms with van der Waals surface area (Å²) in [6.07, 6.45) is 0. The molecule has 0 aromatic heterocycles. The van der Waals surface area contributed by atoms with Gasteiger partial charge in [0.05, 0.1) is 15.1 Å². The molecule has 6 heteroatoms. The molecule has 0 saturated carbocycles. The van der Waals surface area contributed by atoms with E-state index < -0.39 is 12.0 Å². The lowest BCUT2D eigenvalue weighted by Crippen LogP contribution is -2.35. The molecule has 0 radical (unpaired) electrons. The van der Waals surface area contributed by atoms with Crippen LogP contribution < -0.4 is 5.32 Å². The Balaban J connectivity index is 2.93. The predicted octanol–water partition coefficient (Wildman–Crippen LogP) is 3.77. The van der Waals surface area contributed by atoms with Crippen LogP contribution in [0.25, 0.3) is 0 Å². The molecule has 0 aliphatic rings. The summed E-state index contributed by atoms with van der Waals surface area (Å²) in [5.74, 6) is -0.923. The maximum atomic E-state index is 10.7. The average molecular weight is 297 g/mol. The standard InChI is InChI=1S/C11H12Cl3NO2/c1-5(15-6(2)11(16)17)7-3-4-8(12)10(14)9(7)13/h3-6,15H,1-2H3,(H,16,17). The van der Waals surface area contributed by atoms with E-state index in [9.17, 15) is 4.79 Å². The highest BCUT2D eigenvalue weighted by molar-refractivity contribution is 6.48. The van der Waals surface area contributed by atoms with Crippen LogP contribution in [0.15, 0.2) is 12.1 Å². The van der Waals surface area contributed by atoms with Gasteiger partial charge in [0, 0.05) is 6.04 Å². The zero-order chi connectivity index (χ0) is 13.2. The maximum Gasteiger partial charge on any atom is 0.320 e. The van der Waals surface area contributed by atoms with E-state index in [0.717, 1.165) is 0 Å². The van der Waals surface area contributed by atoms with Crippen LogP contribution in [0.4, 0.5) is 0 Å². The molecular weight excluding hydrogens is 284 g/mol. The lowest BCUT2D eigenvalue weighted by atomic mass is 10.1. The monoisotopic (exact) mass is 295 g/mol. The smallest absolute Gasteiger partial charge is 0.320 e. The molecule has 0 amide bonds. The SMILES string of the molecule is CC(NC(C)c1ccc(Cl)c(Cl)c1Cl)C(=O)O. The van der Waals surface area contributed by atoms with Crippen molar-refractivity contribution >= 4 is 40.8 Å². The molecule has 94 valence electrons. The van der Waals surface area contributed by atoms with Crippen LogP contribution in [0.1, 0.15) is 25.5 Å². The van der Waals surface area contributed by atoms with Crippen molar-refractivity contribution in [1.29, 1.82) is 0 Å². The molecule has 17 heavy (non-hydrogen) atoms. The van der Waals surface area contributed by atoms with Crippen LogP contribution in [-0.2, 0) is 4.79 Å². The third kappa shape index (κ3) is 3.49. The molecule has 1 aromatic rings. The summed E-state index contributed by atoms with van der Waals surface area (Å²) >= 11 is 17.8. The average Bonchev–Trinajstić information content (AvgIpc) is 2.25. The molecule has 0 spiro atoms. The van der Waals surface area contributed by atoms with Crippen LogP contribution >= 0.6 is 34.8 Å². The molecule has 2 N–H and O–H groups in total. The summed E-state index contributed by atoms with van der Waals surface area (Å²) in [5.41, 5.74) is 0.717. The van der Waals surface area contributed by atoms with E-state index in [2.05, 4.69) is 5.32 Å². The highest BCUT2D eigenvalue weighted by Crippen LogP contribution is 2.35. The van der Waals surface area contributed by atoms with E-state index in [1.54, 1.807) is 19.1 Å². The number of halogens is 3. The zero-order valence-electron chi connectivity index (χ0n) is 9.30. The van der Waals surface area contributed by atoms with Crippen LogP contribution in [0.5, 0.6) is 0 Å². The van der Waals surface area contributed by atoms with E-state index in [1.165, 1.54) is 0 Å². The second-order valence-electron chi connectivity index (χ2n) is 3.71. The fraction of sp³-hybridized carbons (Fsp3) is 0.364. The van der Waals surface area contributed by atoms with Gasteiger partial charge in [-0.3, -0.25) is 10.1 Å². The summed E-state index contributed by atoms with van der Waals surface area (Å²) in [5, 5.41) is 12.7. The van der Waals surface area contributed by atoms with Gasteiger partial charge in [-0.1, -0.05) is 40.9 Å². The number of benzene rings is 1. The van der Waals surface area contributed by atoms with Gasteiger partial charge in [0.1, 0.15) is 6.04 Å². The second kappa shape index (κ2) is 5.91. The highest BCUT2D eigenvalue weighted by atomic mass is 35.5. The number of hydrogen-bond donors (Lipinski definition) is 2. The minimum atomic E-state index is -0.923. The molecule has 0 saturated heterocycles. The summed E-state index contributed by atoms with van der Waals surface area (Å²) in [6.45, 7) is 3.37. The van der Waals surface area contributed by atoms with Gasteiger partial charge in [0.2, 0.25) is 0 Å². The molecular formula is C11H12Cl3NO2. The first-order chi connectivity index (χ1) is 7.84. The molecule has 0 aliphatic heterocycles. The minimum Gasteiger partial charge on any atom is -0.480 e. The van der Waals surface area contributed by atoms with Gasteiger partial charge in [-0.25, -0.2) is 0 Å². The second-order valence-corrected chi connectivity index (χ2v) is 4.88. The van der Waals surface area contributed by atoms with Crippen molar-refractivity contribution in [2.75, 3.05) is 0 Å². The Kier molecular flexibility index (Phi) is 5.07. The largest absolute Gasteiger partial charge is 0.480 e. The maximum absolute atomic E-state index is 10.7. The van der Waals surface area contributed by atoms with Gasteiger partial charge in [-0.2, -0.15) is 0 Å². The Morgan fingerprint density at radius 2 is 1.82 bits per heavy atom. The fourth-order valence-electron chi connectivity index (χ4n) is 1.41. The summed E-state index contributed by atoms with van der Waals surface area (Å²) in [7, 11) is 0. The third-order valence-corrected chi connectivity index (χ3v) is 3.71. The minimum absolute atomic E-state index is 0.233. The van der Waals surface area contributed by atoms with Crippen LogP contribution in [0, 0.1) is 0 Å². The van der Waals surface area contributed by atoms with E-state index in [-0.39, 0.29) is 11.1 Å². The van der Waals surface area contributed by atoms with Crippen LogP contribution in [-0.4, -0.2) is 17.1 Å². The Hall–Kier alpha value is -0.480. The first-order valence-corrected chi connectivity index (χ1v) is 6.10. The van der Waals surface area contributed by atoms with Gasteiger partial charge >= 0.3 is 5.97 Å². The number of carboxylic acid groups (broad SMARTS) is 1. The van der Waals surface area contributed by atoms with Crippen molar-refractivity contribution in [2.24, 2.45) is 0 Å². The van der Waals surface area contributed by atoms with Crippen LogP contribution in [0.3, 0.4) is 0 Å². The number of hydrogen-bond acceptors (Lipinski definition) is 2. The molecule has 0 fully saturated rings. The quantitative estimate of drug-likeness (QED) is 0.832. The normalized spacial score (nSPS) is 14.4. The molecule has 0 bridgehead atoms. The van der Waals surface area contributed by atoms with E-state index >= 15 is 0 Å². The Labute approximate surface area is 115 Å². The third-order valence-electron chi connectivity index (χ3n) is 2.40. The predicted molar refractivity (Wildman–Crippen MR) is 70.1 cm³/mol. The number of carbonyl (C=O) groups is 1. The van der Waals surface area contributed by atoms with Crippen molar-refractivity contribution in [2.45, 2.75) is 25.9 Å². The van der Waals surface area contributed by atoms with E-state index in [1.807, 2.05) is 6.92 Å².